The van der Waals surface area contributed by atoms with Crippen molar-refractivity contribution in [3.05, 3.63) is 69.7 Å². The molecule has 1 heterocycles. The Labute approximate surface area is 163 Å². The lowest BCUT2D eigenvalue weighted by Crippen LogP contribution is -2.50. The molecule has 1 saturated heterocycles. The summed E-state index contributed by atoms with van der Waals surface area (Å²) in [5.41, 5.74) is 1.68. The van der Waals surface area contributed by atoms with Gasteiger partial charge in [-0.2, -0.15) is 0 Å². The molecule has 0 unspecified atom stereocenters. The van der Waals surface area contributed by atoms with Crippen LogP contribution in [0.2, 0.25) is 10.0 Å². The van der Waals surface area contributed by atoms with Gasteiger partial charge >= 0.3 is 0 Å². The van der Waals surface area contributed by atoms with Crippen molar-refractivity contribution in [3.8, 4) is 0 Å². The van der Waals surface area contributed by atoms with Crippen molar-refractivity contribution in [3.63, 3.8) is 0 Å². The molecule has 0 atom stereocenters. The Morgan fingerprint density at radius 1 is 0.846 bits per heavy atom. The van der Waals surface area contributed by atoms with Crippen LogP contribution in [0, 0.1) is 0 Å². The molecule has 2 amide bonds. The SMILES string of the molecule is O=C(CCc1cccc(Cl)c1)N1CCN(C(=O)c2ccc(Cl)cc2)CC1. The molecule has 0 saturated carbocycles. The molecule has 136 valence electrons. The molecular weight excluding hydrogens is 371 g/mol. The Bertz CT molecular complexity index is 785. The first-order chi connectivity index (χ1) is 12.5. The van der Waals surface area contributed by atoms with E-state index in [9.17, 15) is 9.59 Å². The van der Waals surface area contributed by atoms with E-state index in [1.54, 1.807) is 29.2 Å². The predicted octanol–water partition coefficient (Wildman–Crippen LogP) is 3.91. The number of hydrogen-bond acceptors (Lipinski definition) is 2. The van der Waals surface area contributed by atoms with Crippen LogP contribution < -0.4 is 0 Å². The third kappa shape index (κ3) is 4.77. The first-order valence-electron chi connectivity index (χ1n) is 8.60. The largest absolute Gasteiger partial charge is 0.339 e. The van der Waals surface area contributed by atoms with Crippen molar-refractivity contribution in [2.45, 2.75) is 12.8 Å². The molecule has 0 aromatic heterocycles. The predicted molar refractivity (Wildman–Crippen MR) is 104 cm³/mol. The minimum atomic E-state index is -0.0207. The number of nitrogens with zero attached hydrogens (tertiary/aromatic N) is 2. The zero-order valence-corrected chi connectivity index (χ0v) is 15.8. The zero-order valence-electron chi connectivity index (χ0n) is 14.3. The van der Waals surface area contributed by atoms with Crippen molar-refractivity contribution in [2.24, 2.45) is 0 Å². The van der Waals surface area contributed by atoms with Crippen LogP contribution in [0.3, 0.4) is 0 Å². The standard InChI is InChI=1S/C20H20Cl2N2O2/c21-17-7-5-16(6-8-17)20(26)24-12-10-23(11-13-24)19(25)9-4-15-2-1-3-18(22)14-15/h1-3,5-8,14H,4,9-13H2. The van der Waals surface area contributed by atoms with Crippen LogP contribution in [0.1, 0.15) is 22.3 Å². The van der Waals surface area contributed by atoms with Gasteiger partial charge in [0.05, 0.1) is 0 Å². The van der Waals surface area contributed by atoms with Gasteiger partial charge in [0.15, 0.2) is 0 Å². The van der Waals surface area contributed by atoms with E-state index in [-0.39, 0.29) is 11.8 Å². The fourth-order valence-electron chi connectivity index (χ4n) is 3.04. The van der Waals surface area contributed by atoms with Gasteiger partial charge in [0.2, 0.25) is 5.91 Å². The van der Waals surface area contributed by atoms with Gasteiger partial charge < -0.3 is 9.80 Å². The number of rotatable bonds is 4. The number of carbonyl (C=O) groups is 2. The topological polar surface area (TPSA) is 40.6 Å². The highest BCUT2D eigenvalue weighted by Crippen LogP contribution is 2.15. The van der Waals surface area contributed by atoms with Crippen LogP contribution in [0.4, 0.5) is 0 Å². The van der Waals surface area contributed by atoms with Gasteiger partial charge in [0.1, 0.15) is 0 Å². The van der Waals surface area contributed by atoms with E-state index in [0.717, 1.165) is 5.56 Å². The van der Waals surface area contributed by atoms with E-state index in [0.29, 0.717) is 54.6 Å². The first-order valence-corrected chi connectivity index (χ1v) is 9.35. The summed E-state index contributed by atoms with van der Waals surface area (Å²) < 4.78 is 0. The van der Waals surface area contributed by atoms with E-state index < -0.39 is 0 Å². The molecule has 4 nitrogen and oxygen atoms in total. The van der Waals surface area contributed by atoms with Gasteiger partial charge in [-0.05, 0) is 48.4 Å². The van der Waals surface area contributed by atoms with E-state index in [4.69, 9.17) is 23.2 Å². The number of piperazine rings is 1. The monoisotopic (exact) mass is 390 g/mol. The summed E-state index contributed by atoms with van der Waals surface area (Å²) in [5, 5.41) is 1.29. The van der Waals surface area contributed by atoms with Crippen molar-refractivity contribution < 1.29 is 9.59 Å². The lowest BCUT2D eigenvalue weighted by Gasteiger charge is -2.35. The van der Waals surface area contributed by atoms with Crippen molar-refractivity contribution in [1.29, 1.82) is 0 Å². The third-order valence-corrected chi connectivity index (χ3v) is 5.01. The van der Waals surface area contributed by atoms with Gasteiger partial charge in [-0.25, -0.2) is 0 Å². The number of halogens is 2. The second-order valence-electron chi connectivity index (χ2n) is 6.31. The van der Waals surface area contributed by atoms with Gasteiger partial charge in [0, 0.05) is 48.2 Å². The smallest absolute Gasteiger partial charge is 0.253 e. The fourth-order valence-corrected chi connectivity index (χ4v) is 3.37. The Hall–Kier alpha value is -2.04. The number of amides is 2. The summed E-state index contributed by atoms with van der Waals surface area (Å²) in [6, 6.07) is 14.5. The molecule has 0 bridgehead atoms. The molecule has 26 heavy (non-hydrogen) atoms. The Balaban J connectivity index is 1.49. The van der Waals surface area contributed by atoms with Crippen LogP contribution in [0.5, 0.6) is 0 Å². The van der Waals surface area contributed by atoms with Gasteiger partial charge in [-0.3, -0.25) is 9.59 Å². The second kappa shape index (κ2) is 8.56. The Morgan fingerprint density at radius 2 is 1.50 bits per heavy atom. The molecule has 0 radical (unpaired) electrons. The minimum absolute atomic E-state index is 0.0207. The number of aryl methyl sites for hydroxylation is 1. The highest BCUT2D eigenvalue weighted by molar-refractivity contribution is 6.30. The highest BCUT2D eigenvalue weighted by atomic mass is 35.5. The summed E-state index contributed by atoms with van der Waals surface area (Å²) in [7, 11) is 0. The summed E-state index contributed by atoms with van der Waals surface area (Å²) >= 11 is 11.8. The second-order valence-corrected chi connectivity index (χ2v) is 7.18. The molecule has 0 N–H and O–H groups in total. The summed E-state index contributed by atoms with van der Waals surface area (Å²) in [6.07, 6.45) is 1.12. The fraction of sp³-hybridized carbons (Fsp3) is 0.300. The van der Waals surface area contributed by atoms with Crippen molar-refractivity contribution in [2.75, 3.05) is 26.2 Å². The summed E-state index contributed by atoms with van der Waals surface area (Å²) in [4.78, 5) is 28.5. The summed E-state index contributed by atoms with van der Waals surface area (Å²) in [5.74, 6) is 0.0938. The number of hydrogen-bond donors (Lipinski definition) is 0. The average molecular weight is 391 g/mol. The highest BCUT2D eigenvalue weighted by Gasteiger charge is 2.24. The lowest BCUT2D eigenvalue weighted by molar-refractivity contribution is -0.132. The molecule has 0 aliphatic carbocycles. The maximum atomic E-state index is 12.5. The molecule has 1 aliphatic rings. The van der Waals surface area contributed by atoms with Crippen LogP contribution in [0.15, 0.2) is 48.5 Å². The van der Waals surface area contributed by atoms with Gasteiger partial charge in [0.25, 0.3) is 5.91 Å². The van der Waals surface area contributed by atoms with Crippen LogP contribution in [-0.4, -0.2) is 47.8 Å². The molecule has 6 heteroatoms. The van der Waals surface area contributed by atoms with Crippen molar-refractivity contribution in [1.82, 2.24) is 9.80 Å². The molecule has 1 fully saturated rings. The van der Waals surface area contributed by atoms with E-state index >= 15 is 0 Å². The Kier molecular flexibility index (Phi) is 6.17. The van der Waals surface area contributed by atoms with Gasteiger partial charge in [-0.15, -0.1) is 0 Å². The normalized spacial score (nSPS) is 14.4. The number of benzene rings is 2. The van der Waals surface area contributed by atoms with E-state index in [1.165, 1.54) is 0 Å². The average Bonchev–Trinajstić information content (AvgIpc) is 2.66. The molecule has 3 rings (SSSR count). The van der Waals surface area contributed by atoms with Crippen LogP contribution in [-0.2, 0) is 11.2 Å². The van der Waals surface area contributed by atoms with Gasteiger partial charge in [-0.1, -0.05) is 35.3 Å². The van der Waals surface area contributed by atoms with Crippen molar-refractivity contribution >= 4 is 35.0 Å². The lowest BCUT2D eigenvalue weighted by atomic mass is 10.1. The Morgan fingerprint density at radius 3 is 2.15 bits per heavy atom. The molecule has 2 aromatic rings. The van der Waals surface area contributed by atoms with E-state index in [1.807, 2.05) is 29.2 Å². The molecular formula is C20H20Cl2N2O2. The summed E-state index contributed by atoms with van der Waals surface area (Å²) in [6.45, 7) is 2.22. The maximum absolute atomic E-state index is 12.5. The van der Waals surface area contributed by atoms with E-state index in [2.05, 4.69) is 0 Å². The van der Waals surface area contributed by atoms with Crippen LogP contribution in [0.25, 0.3) is 0 Å². The molecule has 1 aliphatic heterocycles. The third-order valence-electron chi connectivity index (χ3n) is 4.53. The quantitative estimate of drug-likeness (QED) is 0.793. The zero-order chi connectivity index (χ0) is 18.5. The maximum Gasteiger partial charge on any atom is 0.253 e. The number of carbonyl (C=O) groups excluding carboxylic acids is 2. The first kappa shape index (κ1) is 18.7. The minimum Gasteiger partial charge on any atom is -0.339 e. The van der Waals surface area contributed by atoms with Crippen LogP contribution >= 0.6 is 23.2 Å². The molecule has 2 aromatic carbocycles. The molecule has 0 spiro atoms.